The van der Waals surface area contributed by atoms with E-state index in [2.05, 4.69) is 4.74 Å². The maximum Gasteiger partial charge on any atom is 0.573 e. The normalized spacial score (nSPS) is 28.9. The van der Waals surface area contributed by atoms with Crippen LogP contribution in [-0.2, 0) is 0 Å². The molecule has 0 amide bonds. The molecule has 0 N–H and O–H groups in total. The van der Waals surface area contributed by atoms with E-state index in [1.807, 2.05) is 0 Å². The maximum atomic E-state index is 12.3. The second-order valence-electron chi connectivity index (χ2n) is 8.69. The molecule has 6 heteroatoms. The summed E-state index contributed by atoms with van der Waals surface area (Å²) in [4.78, 5) is 0. The Balaban J connectivity index is 1.41. The van der Waals surface area contributed by atoms with Crippen molar-refractivity contribution in [3.05, 3.63) is 29.8 Å². The third kappa shape index (κ3) is 6.50. The average molecular weight is 417 g/mol. The third-order valence-corrected chi connectivity index (χ3v) is 10.4. The molecule has 2 fully saturated rings. The van der Waals surface area contributed by atoms with E-state index in [0.717, 1.165) is 43.1 Å². The van der Waals surface area contributed by atoms with Gasteiger partial charge in [0.15, 0.2) is 0 Å². The summed E-state index contributed by atoms with van der Waals surface area (Å²) in [5.41, 5.74) is 1.14. The number of halogens is 4. The van der Waals surface area contributed by atoms with Crippen LogP contribution in [0.2, 0.25) is 18.1 Å². The predicted molar refractivity (Wildman–Crippen MR) is 107 cm³/mol. The highest BCUT2D eigenvalue weighted by atomic mass is 28.3. The van der Waals surface area contributed by atoms with E-state index < -0.39 is 15.2 Å². The van der Waals surface area contributed by atoms with Crippen molar-refractivity contribution in [1.29, 1.82) is 0 Å². The van der Waals surface area contributed by atoms with Crippen LogP contribution in [0.1, 0.15) is 62.8 Å². The van der Waals surface area contributed by atoms with Crippen molar-refractivity contribution in [2.75, 3.05) is 6.67 Å². The zero-order chi connectivity index (χ0) is 20.0. The molecule has 0 bridgehead atoms. The van der Waals surface area contributed by atoms with Crippen molar-refractivity contribution in [2.24, 2.45) is 11.8 Å². The summed E-state index contributed by atoms with van der Waals surface area (Å²) in [5.74, 6) is 2.01. The second kappa shape index (κ2) is 10.1. The van der Waals surface area contributed by atoms with Crippen molar-refractivity contribution in [1.82, 2.24) is 0 Å². The Hall–Kier alpha value is -1.04. The fourth-order valence-electron chi connectivity index (χ4n) is 5.34. The van der Waals surface area contributed by atoms with Gasteiger partial charge in [-0.25, -0.2) is 0 Å². The van der Waals surface area contributed by atoms with Gasteiger partial charge in [-0.2, -0.15) is 0 Å². The smallest absolute Gasteiger partial charge is 0.406 e. The summed E-state index contributed by atoms with van der Waals surface area (Å²) in [5, 5.41) is 0. The van der Waals surface area contributed by atoms with E-state index in [1.54, 1.807) is 12.1 Å². The zero-order valence-electron chi connectivity index (χ0n) is 16.5. The minimum absolute atomic E-state index is 0.141. The van der Waals surface area contributed by atoms with Gasteiger partial charge in [-0.05, 0) is 67.6 Å². The number of benzene rings is 1. The lowest BCUT2D eigenvalue weighted by atomic mass is 9.72. The van der Waals surface area contributed by atoms with Crippen LogP contribution in [0.15, 0.2) is 24.3 Å². The van der Waals surface area contributed by atoms with Gasteiger partial charge in [0.2, 0.25) is 0 Å². The van der Waals surface area contributed by atoms with Crippen LogP contribution in [0.3, 0.4) is 0 Å². The van der Waals surface area contributed by atoms with Crippen LogP contribution in [0.25, 0.3) is 0 Å². The van der Waals surface area contributed by atoms with Gasteiger partial charge < -0.3 is 4.74 Å². The number of hydrogen-bond donors (Lipinski definition) is 0. The van der Waals surface area contributed by atoms with Crippen LogP contribution in [0.5, 0.6) is 5.75 Å². The predicted octanol–water partition coefficient (Wildman–Crippen LogP) is 7.25. The largest absolute Gasteiger partial charge is 0.573 e. The quantitative estimate of drug-likeness (QED) is 0.258. The van der Waals surface area contributed by atoms with Gasteiger partial charge in [-0.1, -0.05) is 49.5 Å². The molecule has 0 atom stereocenters. The molecule has 1 aliphatic heterocycles. The topological polar surface area (TPSA) is 9.23 Å². The highest BCUT2D eigenvalue weighted by Gasteiger charge is 2.32. The fourth-order valence-corrected chi connectivity index (χ4v) is 8.87. The monoisotopic (exact) mass is 416 g/mol. The lowest BCUT2D eigenvalue weighted by molar-refractivity contribution is -0.274. The molecular weight excluding hydrogens is 384 g/mol. The van der Waals surface area contributed by atoms with E-state index >= 15 is 0 Å². The van der Waals surface area contributed by atoms with Crippen LogP contribution in [0, 0.1) is 11.8 Å². The van der Waals surface area contributed by atoms with Gasteiger partial charge in [-0.3, -0.25) is 4.39 Å². The highest BCUT2D eigenvalue weighted by molar-refractivity contribution is 6.58. The first-order valence-corrected chi connectivity index (χ1v) is 13.3. The van der Waals surface area contributed by atoms with Gasteiger partial charge in [0, 0.05) is 8.80 Å². The molecule has 1 aliphatic carbocycles. The number of alkyl halides is 4. The molecule has 28 heavy (non-hydrogen) atoms. The van der Waals surface area contributed by atoms with Gasteiger partial charge in [0.25, 0.3) is 0 Å². The summed E-state index contributed by atoms with van der Waals surface area (Å²) >= 11 is 0. The minimum Gasteiger partial charge on any atom is -0.406 e. The Morgan fingerprint density at radius 3 is 2.04 bits per heavy atom. The lowest BCUT2D eigenvalue weighted by Gasteiger charge is -2.37. The first kappa shape index (κ1) is 21.7. The number of rotatable bonds is 7. The van der Waals surface area contributed by atoms with Crippen molar-refractivity contribution in [3.63, 3.8) is 0 Å². The van der Waals surface area contributed by atoms with Crippen molar-refractivity contribution in [3.8, 4) is 5.75 Å². The molecule has 1 nitrogen and oxygen atoms in total. The molecule has 2 aliphatic rings. The van der Waals surface area contributed by atoms with Crippen molar-refractivity contribution < 1.29 is 22.3 Å². The fraction of sp³-hybridized carbons (Fsp3) is 0.727. The van der Waals surface area contributed by atoms with Crippen LogP contribution in [0.4, 0.5) is 17.6 Å². The van der Waals surface area contributed by atoms with Crippen LogP contribution < -0.4 is 4.74 Å². The molecule has 0 radical (unpaired) electrons. The van der Waals surface area contributed by atoms with Crippen LogP contribution >= 0.6 is 0 Å². The molecule has 0 unspecified atom stereocenters. The third-order valence-electron chi connectivity index (χ3n) is 6.91. The summed E-state index contributed by atoms with van der Waals surface area (Å²) in [6, 6.07) is 10.7. The number of hydrogen-bond acceptors (Lipinski definition) is 1. The average Bonchev–Trinajstić information content (AvgIpc) is 2.68. The highest BCUT2D eigenvalue weighted by Crippen LogP contribution is 2.43. The minimum atomic E-state index is -4.63. The molecule has 1 heterocycles. The Morgan fingerprint density at radius 1 is 0.857 bits per heavy atom. The Kier molecular flexibility index (Phi) is 7.83. The van der Waals surface area contributed by atoms with Crippen molar-refractivity contribution in [2.45, 2.75) is 81.8 Å². The molecule has 158 valence electrons. The summed E-state index contributed by atoms with van der Waals surface area (Å²) in [6.07, 6.45) is 4.73. The SMILES string of the molecule is FCCCC[Si@H]1CC[C@H]([C@H]2CC[C@H](c3ccc(OC(F)(F)F)cc3)CC2)CC1. The number of ether oxygens (including phenoxy) is 1. The molecule has 1 saturated carbocycles. The molecule has 1 saturated heterocycles. The van der Waals surface area contributed by atoms with Crippen molar-refractivity contribution >= 4 is 8.80 Å². The first-order chi connectivity index (χ1) is 13.4. The van der Waals surface area contributed by atoms with E-state index in [9.17, 15) is 17.6 Å². The summed E-state index contributed by atoms with van der Waals surface area (Å²) < 4.78 is 53.1. The van der Waals surface area contributed by atoms with E-state index in [0.29, 0.717) is 5.92 Å². The van der Waals surface area contributed by atoms with Gasteiger partial charge in [-0.15, -0.1) is 13.2 Å². The first-order valence-electron chi connectivity index (χ1n) is 10.9. The molecule has 0 aromatic heterocycles. The Morgan fingerprint density at radius 2 is 1.46 bits per heavy atom. The summed E-state index contributed by atoms with van der Waals surface area (Å²) in [7, 11) is -0.591. The van der Waals surface area contributed by atoms with Gasteiger partial charge in [0.05, 0.1) is 6.67 Å². The molecule has 1 aromatic carbocycles. The standard InChI is InChI=1S/C22H32F4OSi/c23-13-1-2-14-28-15-11-20(12-16-28)18-5-3-17(4-6-18)19-7-9-21(10-8-19)27-22(24,25)26/h7-10,17-18,20,28H,1-6,11-16H2/t17-,18-,20-,28-. The molecule has 3 rings (SSSR count). The van der Waals surface area contributed by atoms with Gasteiger partial charge in [0.1, 0.15) is 5.75 Å². The van der Waals surface area contributed by atoms with E-state index in [4.69, 9.17) is 0 Å². The Bertz CT molecular complexity index is 573. The van der Waals surface area contributed by atoms with Gasteiger partial charge >= 0.3 is 6.36 Å². The maximum absolute atomic E-state index is 12.3. The molecule has 0 spiro atoms. The number of unbranched alkanes of at least 4 members (excludes halogenated alkanes) is 1. The molecular formula is C22H32F4OSi. The van der Waals surface area contributed by atoms with Crippen LogP contribution in [-0.4, -0.2) is 21.8 Å². The Labute approximate surface area is 167 Å². The second-order valence-corrected chi connectivity index (χ2v) is 12.2. The lowest BCUT2D eigenvalue weighted by Crippen LogP contribution is -2.28. The zero-order valence-corrected chi connectivity index (χ0v) is 17.7. The van der Waals surface area contributed by atoms with E-state index in [-0.39, 0.29) is 12.4 Å². The molecule has 1 aromatic rings. The van der Waals surface area contributed by atoms with E-state index in [1.165, 1.54) is 55.9 Å². The summed E-state index contributed by atoms with van der Waals surface area (Å²) in [6.45, 7) is -0.162.